The summed E-state index contributed by atoms with van der Waals surface area (Å²) < 4.78 is 1.93. The number of nitrogens with zero attached hydrogens (tertiary/aromatic N) is 3. The molecule has 0 aromatic carbocycles. The Labute approximate surface area is 117 Å². The van der Waals surface area contributed by atoms with Crippen LogP contribution in [-0.4, -0.2) is 41.7 Å². The van der Waals surface area contributed by atoms with Crippen LogP contribution in [0.5, 0.6) is 0 Å². The Morgan fingerprint density at radius 3 is 2.32 bits per heavy atom. The Morgan fingerprint density at radius 2 is 1.68 bits per heavy atom. The molecule has 0 amide bonds. The van der Waals surface area contributed by atoms with Gasteiger partial charge in [0.05, 0.1) is 5.69 Å². The number of unbranched alkanes of at least 4 members (excludes halogenated alkanes) is 4. The summed E-state index contributed by atoms with van der Waals surface area (Å²) in [5, 5.41) is 14.7. The molecule has 0 fully saturated rings. The van der Waals surface area contributed by atoms with Crippen LogP contribution in [-0.2, 0) is 6.54 Å². The van der Waals surface area contributed by atoms with Crippen molar-refractivity contribution >= 4 is 0 Å². The van der Waals surface area contributed by atoms with Gasteiger partial charge in [0.1, 0.15) is 0 Å². The molecule has 1 aromatic heterocycles. The van der Waals surface area contributed by atoms with E-state index in [9.17, 15) is 0 Å². The lowest BCUT2D eigenvalue weighted by molar-refractivity contribution is 0.514. The van der Waals surface area contributed by atoms with Crippen LogP contribution < -0.4 is 10.6 Å². The molecule has 2 N–H and O–H groups in total. The van der Waals surface area contributed by atoms with Gasteiger partial charge in [-0.1, -0.05) is 18.1 Å². The molecule has 0 bridgehead atoms. The van der Waals surface area contributed by atoms with Crippen molar-refractivity contribution in [1.82, 2.24) is 25.6 Å². The van der Waals surface area contributed by atoms with Crippen molar-refractivity contribution < 1.29 is 0 Å². The van der Waals surface area contributed by atoms with Gasteiger partial charge in [-0.15, -0.1) is 5.10 Å². The average molecular weight is 267 g/mol. The van der Waals surface area contributed by atoms with Gasteiger partial charge < -0.3 is 10.6 Å². The third-order valence-corrected chi connectivity index (χ3v) is 3.17. The van der Waals surface area contributed by atoms with Crippen LogP contribution in [0.1, 0.15) is 44.2 Å². The fourth-order valence-corrected chi connectivity index (χ4v) is 2.06. The van der Waals surface area contributed by atoms with Crippen LogP contribution in [0.4, 0.5) is 0 Å². The van der Waals surface area contributed by atoms with E-state index in [2.05, 4.69) is 20.9 Å². The second-order valence-electron chi connectivity index (χ2n) is 5.10. The van der Waals surface area contributed by atoms with E-state index >= 15 is 0 Å². The maximum absolute atomic E-state index is 4.04. The first-order valence-electron chi connectivity index (χ1n) is 7.55. The molecule has 0 saturated carbocycles. The van der Waals surface area contributed by atoms with Crippen molar-refractivity contribution in [2.24, 2.45) is 0 Å². The first-order chi connectivity index (χ1) is 9.33. The highest BCUT2D eigenvalue weighted by molar-refractivity contribution is 4.86. The van der Waals surface area contributed by atoms with E-state index in [-0.39, 0.29) is 0 Å². The van der Waals surface area contributed by atoms with Gasteiger partial charge >= 0.3 is 0 Å². The molecule has 0 aliphatic heterocycles. The molecule has 0 radical (unpaired) electrons. The molecule has 1 rings (SSSR count). The molecule has 0 aliphatic rings. The molecule has 19 heavy (non-hydrogen) atoms. The number of hydrogen-bond acceptors (Lipinski definition) is 4. The van der Waals surface area contributed by atoms with Crippen molar-refractivity contribution in [3.8, 4) is 0 Å². The van der Waals surface area contributed by atoms with Crippen molar-refractivity contribution in [2.45, 2.75) is 52.0 Å². The molecule has 5 heteroatoms. The number of nitrogens with one attached hydrogen (secondary N) is 2. The van der Waals surface area contributed by atoms with Crippen LogP contribution >= 0.6 is 0 Å². The fraction of sp³-hybridized carbons (Fsp3) is 0.857. The van der Waals surface area contributed by atoms with Gasteiger partial charge in [-0.05, 0) is 59.3 Å². The minimum atomic E-state index is 0.979. The summed E-state index contributed by atoms with van der Waals surface area (Å²) in [6.07, 6.45) is 9.65. The number of hydrogen-bond donors (Lipinski definition) is 2. The van der Waals surface area contributed by atoms with Gasteiger partial charge in [-0.25, -0.2) is 0 Å². The Morgan fingerprint density at radius 1 is 1.00 bits per heavy atom. The summed E-state index contributed by atoms with van der Waals surface area (Å²) in [5.41, 5.74) is 0.997. The highest BCUT2D eigenvalue weighted by Gasteiger charge is 1.95. The van der Waals surface area contributed by atoms with E-state index < -0.39 is 0 Å². The molecule has 110 valence electrons. The summed E-state index contributed by atoms with van der Waals surface area (Å²) in [5.74, 6) is 0. The lowest BCUT2D eigenvalue weighted by Gasteiger charge is -2.05. The van der Waals surface area contributed by atoms with Crippen LogP contribution in [0.3, 0.4) is 0 Å². The summed E-state index contributed by atoms with van der Waals surface area (Å²) >= 11 is 0. The quantitative estimate of drug-likeness (QED) is 0.566. The molecule has 0 aliphatic carbocycles. The number of aromatic nitrogens is 3. The average Bonchev–Trinajstić information content (AvgIpc) is 2.82. The number of rotatable bonds is 12. The summed E-state index contributed by atoms with van der Waals surface area (Å²) in [6, 6.07) is 0. The molecule has 0 spiro atoms. The lowest BCUT2D eigenvalue weighted by atomic mass is 10.2. The van der Waals surface area contributed by atoms with Gasteiger partial charge in [0.2, 0.25) is 0 Å². The highest BCUT2D eigenvalue weighted by Crippen LogP contribution is 1.98. The standard InChI is InChI=1S/C14H29N5/c1-14-13-19(18-17-14)12-8-7-11-16-10-6-4-3-5-9-15-2/h13,15-16H,3-12H2,1-2H3. The molecule has 0 saturated heterocycles. The largest absolute Gasteiger partial charge is 0.320 e. The van der Waals surface area contributed by atoms with E-state index in [1.807, 2.05) is 24.9 Å². The summed E-state index contributed by atoms with van der Waals surface area (Å²) in [6.45, 7) is 6.37. The molecule has 1 aromatic rings. The van der Waals surface area contributed by atoms with Gasteiger partial charge in [0.15, 0.2) is 0 Å². The Balaban J connectivity index is 1.79. The predicted molar refractivity (Wildman–Crippen MR) is 79.3 cm³/mol. The zero-order chi connectivity index (χ0) is 13.8. The molecular formula is C14H29N5. The van der Waals surface area contributed by atoms with Crippen LogP contribution in [0.25, 0.3) is 0 Å². The van der Waals surface area contributed by atoms with Crippen molar-refractivity contribution in [1.29, 1.82) is 0 Å². The van der Waals surface area contributed by atoms with Gasteiger partial charge in [0, 0.05) is 12.7 Å². The topological polar surface area (TPSA) is 54.8 Å². The van der Waals surface area contributed by atoms with E-state index in [0.717, 1.165) is 38.3 Å². The van der Waals surface area contributed by atoms with Gasteiger partial charge in [-0.3, -0.25) is 4.68 Å². The smallest absolute Gasteiger partial charge is 0.0796 e. The van der Waals surface area contributed by atoms with Crippen LogP contribution in [0.2, 0.25) is 0 Å². The molecule has 1 heterocycles. The first kappa shape index (κ1) is 16.1. The zero-order valence-corrected chi connectivity index (χ0v) is 12.5. The maximum atomic E-state index is 4.04. The lowest BCUT2D eigenvalue weighted by Crippen LogP contribution is -2.17. The third kappa shape index (κ3) is 8.72. The predicted octanol–water partition coefficient (Wildman–Crippen LogP) is 1.74. The van der Waals surface area contributed by atoms with Crippen molar-refractivity contribution in [2.75, 3.05) is 26.7 Å². The van der Waals surface area contributed by atoms with Crippen molar-refractivity contribution in [3.05, 3.63) is 11.9 Å². The van der Waals surface area contributed by atoms with E-state index in [4.69, 9.17) is 0 Å². The monoisotopic (exact) mass is 267 g/mol. The second kappa shape index (κ2) is 10.9. The molecule has 0 atom stereocenters. The van der Waals surface area contributed by atoms with E-state index in [1.54, 1.807) is 0 Å². The van der Waals surface area contributed by atoms with E-state index in [0.29, 0.717) is 0 Å². The fourth-order valence-electron chi connectivity index (χ4n) is 2.06. The molecular weight excluding hydrogens is 238 g/mol. The molecule has 5 nitrogen and oxygen atoms in total. The zero-order valence-electron chi connectivity index (χ0n) is 12.5. The van der Waals surface area contributed by atoms with E-state index in [1.165, 1.54) is 32.1 Å². The Bertz CT molecular complexity index is 311. The Kier molecular flexibility index (Phi) is 9.27. The number of aryl methyl sites for hydroxylation is 2. The van der Waals surface area contributed by atoms with Crippen LogP contribution in [0, 0.1) is 6.92 Å². The second-order valence-corrected chi connectivity index (χ2v) is 5.10. The summed E-state index contributed by atoms with van der Waals surface area (Å²) in [4.78, 5) is 0. The SMILES string of the molecule is CNCCCCCCNCCCCn1cc(C)nn1. The summed E-state index contributed by atoms with van der Waals surface area (Å²) in [7, 11) is 2.02. The molecule has 0 unspecified atom stereocenters. The van der Waals surface area contributed by atoms with Gasteiger partial charge in [0.25, 0.3) is 0 Å². The maximum Gasteiger partial charge on any atom is 0.0796 e. The normalized spacial score (nSPS) is 11.1. The minimum Gasteiger partial charge on any atom is -0.320 e. The first-order valence-corrected chi connectivity index (χ1v) is 7.55. The van der Waals surface area contributed by atoms with Crippen molar-refractivity contribution in [3.63, 3.8) is 0 Å². The minimum absolute atomic E-state index is 0.979. The third-order valence-electron chi connectivity index (χ3n) is 3.17. The highest BCUT2D eigenvalue weighted by atomic mass is 15.4. The Hall–Kier alpha value is -0.940. The van der Waals surface area contributed by atoms with Gasteiger partial charge in [-0.2, -0.15) is 0 Å². The van der Waals surface area contributed by atoms with Crippen LogP contribution in [0.15, 0.2) is 6.20 Å².